The van der Waals surface area contributed by atoms with Crippen LogP contribution in [0.2, 0.25) is 10.0 Å². The minimum Gasteiger partial charge on any atom is -0.451 e. The fourth-order valence-electron chi connectivity index (χ4n) is 4.93. The topological polar surface area (TPSA) is 79.6 Å². The molecule has 1 saturated heterocycles. The lowest BCUT2D eigenvalue weighted by Crippen LogP contribution is -2.51. The monoisotopic (exact) mass is 548 g/mol. The third-order valence-electron chi connectivity index (χ3n) is 6.96. The summed E-state index contributed by atoms with van der Waals surface area (Å²) >= 11 is 12.3. The molecule has 0 radical (unpaired) electrons. The molecule has 3 aromatic carbocycles. The molecule has 1 aromatic heterocycles. The van der Waals surface area contributed by atoms with Crippen LogP contribution < -0.4 is 10.7 Å². The van der Waals surface area contributed by atoms with Gasteiger partial charge in [0, 0.05) is 25.6 Å². The molecule has 2 amide bonds. The van der Waals surface area contributed by atoms with Gasteiger partial charge in [-0.15, -0.1) is 0 Å². The van der Waals surface area contributed by atoms with Gasteiger partial charge in [0.1, 0.15) is 11.6 Å². The highest BCUT2D eigenvalue weighted by atomic mass is 35.5. The molecule has 5 rings (SSSR count). The second-order valence-electron chi connectivity index (χ2n) is 9.46. The summed E-state index contributed by atoms with van der Waals surface area (Å²) in [6.07, 6.45) is 1.88. The van der Waals surface area contributed by atoms with Gasteiger partial charge in [-0.2, -0.15) is 0 Å². The number of likely N-dealkylation sites (tertiary alicyclic amines) is 1. The number of amides is 2. The van der Waals surface area contributed by atoms with Gasteiger partial charge in [0.15, 0.2) is 11.2 Å². The summed E-state index contributed by atoms with van der Waals surface area (Å²) < 4.78 is 5.70. The molecule has 1 aliphatic heterocycles. The van der Waals surface area contributed by atoms with Crippen LogP contribution in [-0.2, 0) is 11.2 Å². The Kier molecular flexibility index (Phi) is 7.82. The van der Waals surface area contributed by atoms with E-state index < -0.39 is 11.9 Å². The van der Waals surface area contributed by atoms with Crippen LogP contribution in [0.3, 0.4) is 0 Å². The third-order valence-corrected chi connectivity index (χ3v) is 7.70. The number of carbonyl (C=O) groups excluding carboxylic acids is 2. The summed E-state index contributed by atoms with van der Waals surface area (Å²) in [7, 11) is 0. The molecule has 0 bridgehead atoms. The van der Waals surface area contributed by atoms with E-state index in [1.165, 1.54) is 5.56 Å². The highest BCUT2D eigenvalue weighted by molar-refractivity contribution is 6.42. The van der Waals surface area contributed by atoms with Gasteiger partial charge in [0.2, 0.25) is 5.91 Å². The van der Waals surface area contributed by atoms with Crippen molar-refractivity contribution in [2.45, 2.75) is 31.2 Å². The lowest BCUT2D eigenvalue weighted by molar-refractivity contribution is -0.134. The predicted octanol–water partition coefficient (Wildman–Crippen LogP) is 5.85. The SMILES string of the molecule is O=C(NC(Cc1ccc(Cl)c(Cl)c1)C(=O)N1CCC(c2ccccc2)CC1)c1cc(=O)c2ccccc2o1. The lowest BCUT2D eigenvalue weighted by Gasteiger charge is -2.34. The van der Waals surface area contributed by atoms with Crippen molar-refractivity contribution < 1.29 is 14.0 Å². The summed E-state index contributed by atoms with van der Waals surface area (Å²) in [5.41, 5.74) is 2.00. The van der Waals surface area contributed by atoms with E-state index in [1.54, 1.807) is 47.4 Å². The molecule has 38 heavy (non-hydrogen) atoms. The molecule has 0 aliphatic carbocycles. The van der Waals surface area contributed by atoms with Gasteiger partial charge in [-0.1, -0.05) is 71.7 Å². The van der Waals surface area contributed by atoms with Crippen molar-refractivity contribution >= 4 is 46.0 Å². The van der Waals surface area contributed by atoms with E-state index in [2.05, 4.69) is 17.4 Å². The molecule has 194 valence electrons. The zero-order valence-electron chi connectivity index (χ0n) is 20.5. The molecule has 1 N–H and O–H groups in total. The minimum atomic E-state index is -0.884. The molecular weight excluding hydrogens is 523 g/mol. The summed E-state index contributed by atoms with van der Waals surface area (Å²) in [4.78, 5) is 41.3. The Balaban J connectivity index is 1.37. The van der Waals surface area contributed by atoms with E-state index in [4.69, 9.17) is 27.6 Å². The van der Waals surface area contributed by atoms with E-state index in [0.29, 0.717) is 40.0 Å². The molecule has 8 heteroatoms. The van der Waals surface area contributed by atoms with Gasteiger partial charge in [0.25, 0.3) is 5.91 Å². The fourth-order valence-corrected chi connectivity index (χ4v) is 5.25. The Morgan fingerprint density at radius 2 is 1.63 bits per heavy atom. The van der Waals surface area contributed by atoms with Crippen molar-refractivity contribution in [2.24, 2.45) is 0 Å². The van der Waals surface area contributed by atoms with Crippen LogP contribution in [0.25, 0.3) is 11.0 Å². The highest BCUT2D eigenvalue weighted by Gasteiger charge is 2.31. The van der Waals surface area contributed by atoms with Gasteiger partial charge >= 0.3 is 0 Å². The van der Waals surface area contributed by atoms with Gasteiger partial charge < -0.3 is 14.6 Å². The number of carbonyl (C=O) groups is 2. The zero-order valence-corrected chi connectivity index (χ0v) is 22.0. The maximum Gasteiger partial charge on any atom is 0.287 e. The van der Waals surface area contributed by atoms with E-state index >= 15 is 0 Å². The maximum atomic E-state index is 13.7. The quantitative estimate of drug-likeness (QED) is 0.328. The first-order valence-electron chi connectivity index (χ1n) is 12.5. The molecule has 2 heterocycles. The number of halogens is 2. The average molecular weight is 549 g/mol. The largest absolute Gasteiger partial charge is 0.451 e. The number of rotatable bonds is 6. The number of hydrogen-bond acceptors (Lipinski definition) is 4. The van der Waals surface area contributed by atoms with Crippen molar-refractivity contribution in [1.82, 2.24) is 10.2 Å². The Morgan fingerprint density at radius 1 is 0.921 bits per heavy atom. The van der Waals surface area contributed by atoms with Crippen LogP contribution in [0.15, 0.2) is 88.1 Å². The Bertz CT molecular complexity index is 1530. The standard InChI is InChI=1S/C30H26Cl2N2O4/c31-23-11-10-19(16-24(23)32)17-25(30(37)34-14-12-21(13-15-34)20-6-2-1-3-7-20)33-29(36)28-18-26(35)22-8-4-5-9-27(22)38-28/h1-11,16,18,21,25H,12-15,17H2,(H,33,36). The number of hydrogen-bond donors (Lipinski definition) is 1. The van der Waals surface area contributed by atoms with Crippen LogP contribution in [0.1, 0.15) is 40.4 Å². The van der Waals surface area contributed by atoms with Gasteiger partial charge in [0.05, 0.1) is 15.4 Å². The molecule has 0 saturated carbocycles. The zero-order chi connectivity index (χ0) is 26.6. The van der Waals surface area contributed by atoms with Crippen molar-refractivity contribution in [3.8, 4) is 0 Å². The van der Waals surface area contributed by atoms with Crippen molar-refractivity contribution in [1.29, 1.82) is 0 Å². The normalized spacial score (nSPS) is 14.8. The first-order chi connectivity index (χ1) is 18.4. The molecule has 1 fully saturated rings. The number of para-hydroxylation sites is 1. The van der Waals surface area contributed by atoms with Crippen molar-refractivity contribution in [3.63, 3.8) is 0 Å². The van der Waals surface area contributed by atoms with Crippen LogP contribution in [0, 0.1) is 0 Å². The predicted molar refractivity (Wildman–Crippen MR) is 149 cm³/mol. The summed E-state index contributed by atoms with van der Waals surface area (Å²) in [5.74, 6) is -0.594. The highest BCUT2D eigenvalue weighted by Crippen LogP contribution is 2.29. The Labute approximate surface area is 230 Å². The summed E-state index contributed by atoms with van der Waals surface area (Å²) in [6, 6.07) is 22.4. The number of benzene rings is 3. The van der Waals surface area contributed by atoms with Crippen LogP contribution in [-0.4, -0.2) is 35.8 Å². The number of nitrogens with zero attached hydrogens (tertiary/aromatic N) is 1. The molecule has 4 aromatic rings. The van der Waals surface area contributed by atoms with Gasteiger partial charge in [-0.05, 0) is 54.2 Å². The van der Waals surface area contributed by atoms with Crippen molar-refractivity contribution in [3.05, 3.63) is 116 Å². The fraction of sp³-hybridized carbons (Fsp3) is 0.233. The number of piperidine rings is 1. The van der Waals surface area contributed by atoms with Crippen LogP contribution in [0.5, 0.6) is 0 Å². The minimum absolute atomic E-state index is 0.150. The summed E-state index contributed by atoms with van der Waals surface area (Å²) in [5, 5.41) is 3.96. The Hall–Kier alpha value is -3.61. The number of nitrogens with one attached hydrogen (secondary N) is 1. The van der Waals surface area contributed by atoms with E-state index in [0.717, 1.165) is 24.5 Å². The first-order valence-corrected chi connectivity index (χ1v) is 13.3. The second-order valence-corrected chi connectivity index (χ2v) is 10.3. The van der Waals surface area contributed by atoms with Crippen LogP contribution >= 0.6 is 23.2 Å². The average Bonchev–Trinajstić information content (AvgIpc) is 2.95. The van der Waals surface area contributed by atoms with E-state index in [-0.39, 0.29) is 23.5 Å². The van der Waals surface area contributed by atoms with Crippen molar-refractivity contribution in [2.75, 3.05) is 13.1 Å². The van der Waals surface area contributed by atoms with Gasteiger partial charge in [-0.3, -0.25) is 14.4 Å². The van der Waals surface area contributed by atoms with Gasteiger partial charge in [-0.25, -0.2) is 0 Å². The lowest BCUT2D eigenvalue weighted by atomic mass is 9.89. The molecular formula is C30H26Cl2N2O4. The molecule has 1 unspecified atom stereocenters. The van der Waals surface area contributed by atoms with E-state index in [9.17, 15) is 14.4 Å². The maximum absolute atomic E-state index is 13.7. The molecule has 6 nitrogen and oxygen atoms in total. The summed E-state index contributed by atoms with van der Waals surface area (Å²) in [6.45, 7) is 1.16. The third kappa shape index (κ3) is 5.77. The smallest absolute Gasteiger partial charge is 0.287 e. The number of fused-ring (bicyclic) bond motifs is 1. The second kappa shape index (κ2) is 11.4. The first kappa shape index (κ1) is 26.0. The van der Waals surface area contributed by atoms with E-state index in [1.807, 2.05) is 18.2 Å². The molecule has 1 aliphatic rings. The Morgan fingerprint density at radius 3 is 2.37 bits per heavy atom. The van der Waals surface area contributed by atoms with Crippen LogP contribution in [0.4, 0.5) is 0 Å². The molecule has 1 atom stereocenters. The molecule has 0 spiro atoms.